The summed E-state index contributed by atoms with van der Waals surface area (Å²) in [6.07, 6.45) is 4.15. The molecule has 2 atom stereocenters. The predicted octanol–water partition coefficient (Wildman–Crippen LogP) is 3.14. The Labute approximate surface area is 81.0 Å². The summed E-state index contributed by atoms with van der Waals surface area (Å²) in [6, 6.07) is 0. The smallest absolute Gasteiger partial charge is 0.313 e. The van der Waals surface area contributed by atoms with E-state index < -0.39 is 0 Å². The third kappa shape index (κ3) is 4.11. The highest BCUT2D eigenvalue weighted by Gasteiger charge is 2.23. The summed E-state index contributed by atoms with van der Waals surface area (Å²) in [5, 5.41) is 0. The lowest BCUT2D eigenvalue weighted by atomic mass is 9.88. The van der Waals surface area contributed by atoms with E-state index in [0.717, 1.165) is 19.3 Å². The normalized spacial score (nSPS) is 14.7. The molecule has 0 aliphatic rings. The molecule has 0 amide bonds. The van der Waals surface area contributed by atoms with Gasteiger partial charge in [-0.25, -0.2) is 0 Å². The van der Waals surface area contributed by atoms with Crippen molar-refractivity contribution in [2.75, 3.05) is 0 Å². The molecule has 0 radical (unpaired) electrons. The Bertz CT molecular complexity index is 163. The fourth-order valence-electron chi connectivity index (χ4n) is 1.40. The molecule has 0 aromatic heterocycles. The molecule has 0 aromatic rings. The molecule has 76 valence electrons. The Morgan fingerprint density at radius 1 is 1.54 bits per heavy atom. The maximum absolute atomic E-state index is 11.4. The van der Waals surface area contributed by atoms with E-state index in [9.17, 15) is 4.79 Å². The number of rotatable bonds is 6. The highest BCUT2D eigenvalue weighted by atomic mass is 16.5. The largest absolute Gasteiger partial charge is 0.435 e. The first-order valence-corrected chi connectivity index (χ1v) is 4.98. The van der Waals surface area contributed by atoms with Crippen LogP contribution in [0.2, 0.25) is 0 Å². The van der Waals surface area contributed by atoms with Gasteiger partial charge in [-0.05, 0) is 12.3 Å². The fourth-order valence-corrected chi connectivity index (χ4v) is 1.40. The fraction of sp³-hybridized carbons (Fsp3) is 0.727. The van der Waals surface area contributed by atoms with Crippen molar-refractivity contribution in [2.45, 2.75) is 40.0 Å². The first-order valence-electron chi connectivity index (χ1n) is 4.98. The van der Waals surface area contributed by atoms with E-state index in [1.54, 1.807) is 0 Å². The van der Waals surface area contributed by atoms with Crippen LogP contribution in [0.25, 0.3) is 0 Å². The lowest BCUT2D eigenvalue weighted by molar-refractivity contribution is -0.144. The predicted molar refractivity (Wildman–Crippen MR) is 54.1 cm³/mol. The van der Waals surface area contributed by atoms with Gasteiger partial charge in [-0.1, -0.05) is 40.2 Å². The molecule has 0 bridgehead atoms. The van der Waals surface area contributed by atoms with Gasteiger partial charge >= 0.3 is 5.97 Å². The third-order valence-electron chi connectivity index (χ3n) is 2.43. The van der Waals surface area contributed by atoms with Crippen molar-refractivity contribution in [3.05, 3.63) is 12.8 Å². The molecule has 0 heterocycles. The van der Waals surface area contributed by atoms with Gasteiger partial charge in [-0.15, -0.1) is 0 Å². The van der Waals surface area contributed by atoms with Gasteiger partial charge in [0.15, 0.2) is 0 Å². The molecule has 0 spiro atoms. The summed E-state index contributed by atoms with van der Waals surface area (Å²) in [6.45, 7) is 9.64. The third-order valence-corrected chi connectivity index (χ3v) is 2.43. The maximum atomic E-state index is 11.4. The Morgan fingerprint density at radius 2 is 2.15 bits per heavy atom. The molecule has 2 unspecified atom stereocenters. The van der Waals surface area contributed by atoms with Crippen LogP contribution in [0.4, 0.5) is 0 Å². The van der Waals surface area contributed by atoms with Crippen LogP contribution in [0.15, 0.2) is 12.8 Å². The number of ether oxygens (including phenoxy) is 1. The molecule has 2 nitrogen and oxygen atoms in total. The van der Waals surface area contributed by atoms with Crippen LogP contribution in [0.3, 0.4) is 0 Å². The second kappa shape index (κ2) is 6.70. The minimum atomic E-state index is -0.133. The molecule has 0 aliphatic carbocycles. The zero-order valence-electron chi connectivity index (χ0n) is 8.88. The minimum absolute atomic E-state index is 0.0352. The molecular weight excluding hydrogens is 164 g/mol. The van der Waals surface area contributed by atoms with Crippen LogP contribution >= 0.6 is 0 Å². The van der Waals surface area contributed by atoms with Gasteiger partial charge in [0.25, 0.3) is 0 Å². The Kier molecular flexibility index (Phi) is 6.29. The summed E-state index contributed by atoms with van der Waals surface area (Å²) in [5.41, 5.74) is 0. The lowest BCUT2D eigenvalue weighted by Crippen LogP contribution is -2.22. The number of esters is 1. The van der Waals surface area contributed by atoms with Crippen LogP contribution in [0.5, 0.6) is 0 Å². The van der Waals surface area contributed by atoms with Crippen LogP contribution in [-0.4, -0.2) is 5.97 Å². The maximum Gasteiger partial charge on any atom is 0.313 e. The summed E-state index contributed by atoms with van der Waals surface area (Å²) < 4.78 is 4.80. The summed E-state index contributed by atoms with van der Waals surface area (Å²) >= 11 is 0. The topological polar surface area (TPSA) is 26.3 Å². The zero-order valence-corrected chi connectivity index (χ0v) is 8.88. The van der Waals surface area contributed by atoms with E-state index >= 15 is 0 Å². The van der Waals surface area contributed by atoms with E-state index in [0.29, 0.717) is 5.92 Å². The quantitative estimate of drug-likeness (QED) is 0.468. The lowest BCUT2D eigenvalue weighted by Gasteiger charge is -2.19. The van der Waals surface area contributed by atoms with Gasteiger partial charge < -0.3 is 4.74 Å². The number of carbonyl (C=O) groups excluding carboxylic acids is 1. The SMILES string of the molecule is C=COC(=O)C(CCC)C(C)CC. The molecule has 0 aliphatic heterocycles. The average Bonchev–Trinajstić information content (AvgIpc) is 2.13. The van der Waals surface area contributed by atoms with Gasteiger partial charge in [0.1, 0.15) is 0 Å². The van der Waals surface area contributed by atoms with Crippen molar-refractivity contribution in [3.63, 3.8) is 0 Å². The summed E-state index contributed by atoms with van der Waals surface area (Å²) in [7, 11) is 0. The van der Waals surface area contributed by atoms with Crippen LogP contribution in [-0.2, 0) is 9.53 Å². The molecule has 13 heavy (non-hydrogen) atoms. The van der Waals surface area contributed by atoms with E-state index in [1.807, 2.05) is 0 Å². The number of hydrogen-bond acceptors (Lipinski definition) is 2. The van der Waals surface area contributed by atoms with E-state index in [4.69, 9.17) is 4.74 Å². The number of carbonyl (C=O) groups is 1. The second-order valence-corrected chi connectivity index (χ2v) is 3.38. The van der Waals surface area contributed by atoms with Gasteiger partial charge in [0, 0.05) is 0 Å². The van der Waals surface area contributed by atoms with Crippen molar-refractivity contribution < 1.29 is 9.53 Å². The summed E-state index contributed by atoms with van der Waals surface area (Å²) in [5.74, 6) is 0.298. The molecule has 0 fully saturated rings. The van der Waals surface area contributed by atoms with Gasteiger partial charge in [0.2, 0.25) is 0 Å². The number of hydrogen-bond donors (Lipinski definition) is 0. The average molecular weight is 184 g/mol. The standard InChI is InChI=1S/C11H20O2/c1-5-8-10(9(4)6-2)11(12)13-7-3/h7,9-10H,3,5-6,8H2,1-2,4H3. The molecule has 2 heteroatoms. The van der Waals surface area contributed by atoms with Crippen LogP contribution < -0.4 is 0 Å². The highest BCUT2D eigenvalue weighted by molar-refractivity contribution is 5.73. The minimum Gasteiger partial charge on any atom is -0.435 e. The van der Waals surface area contributed by atoms with E-state index in [2.05, 4.69) is 27.4 Å². The summed E-state index contributed by atoms with van der Waals surface area (Å²) in [4.78, 5) is 11.4. The monoisotopic (exact) mass is 184 g/mol. The first kappa shape index (κ1) is 12.2. The van der Waals surface area contributed by atoms with E-state index in [1.165, 1.54) is 6.26 Å². The Morgan fingerprint density at radius 3 is 2.54 bits per heavy atom. The Hall–Kier alpha value is -0.790. The van der Waals surface area contributed by atoms with Gasteiger partial charge in [0.05, 0.1) is 12.2 Å². The van der Waals surface area contributed by atoms with Crippen molar-refractivity contribution in [3.8, 4) is 0 Å². The molecule has 0 saturated heterocycles. The molecule has 0 rings (SSSR count). The highest BCUT2D eigenvalue weighted by Crippen LogP contribution is 2.21. The van der Waals surface area contributed by atoms with Crippen LogP contribution in [0.1, 0.15) is 40.0 Å². The first-order chi connectivity index (χ1) is 6.17. The Balaban J connectivity index is 4.21. The molecular formula is C11H20O2. The van der Waals surface area contributed by atoms with Crippen LogP contribution in [0, 0.1) is 11.8 Å². The van der Waals surface area contributed by atoms with Crippen molar-refractivity contribution >= 4 is 5.97 Å². The van der Waals surface area contributed by atoms with Crippen molar-refractivity contribution in [1.82, 2.24) is 0 Å². The van der Waals surface area contributed by atoms with Crippen molar-refractivity contribution in [1.29, 1.82) is 0 Å². The second-order valence-electron chi connectivity index (χ2n) is 3.38. The molecule has 0 saturated carbocycles. The van der Waals surface area contributed by atoms with Gasteiger partial charge in [-0.2, -0.15) is 0 Å². The zero-order chi connectivity index (χ0) is 10.3. The van der Waals surface area contributed by atoms with Gasteiger partial charge in [-0.3, -0.25) is 4.79 Å². The van der Waals surface area contributed by atoms with Crippen molar-refractivity contribution in [2.24, 2.45) is 11.8 Å². The molecule has 0 aromatic carbocycles. The van der Waals surface area contributed by atoms with E-state index in [-0.39, 0.29) is 11.9 Å². The molecule has 0 N–H and O–H groups in total.